The SMILES string of the molecule is CC(C)c1cc(=O)cc(CCl)[nH]1. The van der Waals surface area contributed by atoms with Gasteiger partial charge in [-0.2, -0.15) is 0 Å². The molecule has 2 nitrogen and oxygen atoms in total. The monoisotopic (exact) mass is 185 g/mol. The molecule has 66 valence electrons. The van der Waals surface area contributed by atoms with Gasteiger partial charge in [-0.05, 0) is 5.92 Å². The Hall–Kier alpha value is -0.760. The van der Waals surface area contributed by atoms with Crippen LogP contribution in [0, 0.1) is 0 Å². The zero-order chi connectivity index (χ0) is 9.14. The molecule has 0 unspecified atom stereocenters. The van der Waals surface area contributed by atoms with Gasteiger partial charge >= 0.3 is 0 Å². The Morgan fingerprint density at radius 1 is 1.50 bits per heavy atom. The predicted octanol–water partition coefficient (Wildman–Crippen LogP) is 2.24. The number of rotatable bonds is 2. The molecule has 1 N–H and O–H groups in total. The summed E-state index contributed by atoms with van der Waals surface area (Å²) in [6.45, 7) is 4.06. The van der Waals surface area contributed by atoms with E-state index in [1.807, 2.05) is 13.8 Å². The first-order valence-electron chi connectivity index (χ1n) is 3.92. The Kier molecular flexibility index (Phi) is 2.93. The van der Waals surface area contributed by atoms with Gasteiger partial charge in [-0.3, -0.25) is 4.79 Å². The lowest BCUT2D eigenvalue weighted by Crippen LogP contribution is -2.06. The van der Waals surface area contributed by atoms with E-state index in [1.165, 1.54) is 6.07 Å². The summed E-state index contributed by atoms with van der Waals surface area (Å²) in [6, 6.07) is 3.14. The molecule has 0 radical (unpaired) electrons. The van der Waals surface area contributed by atoms with Crippen molar-refractivity contribution in [3.05, 3.63) is 33.7 Å². The second-order valence-electron chi connectivity index (χ2n) is 3.08. The summed E-state index contributed by atoms with van der Waals surface area (Å²) >= 11 is 5.61. The van der Waals surface area contributed by atoms with Gasteiger partial charge in [0.2, 0.25) is 0 Å². The maximum Gasteiger partial charge on any atom is 0.182 e. The van der Waals surface area contributed by atoms with Crippen molar-refractivity contribution < 1.29 is 0 Å². The Morgan fingerprint density at radius 2 is 2.17 bits per heavy atom. The summed E-state index contributed by atoms with van der Waals surface area (Å²) < 4.78 is 0. The van der Waals surface area contributed by atoms with E-state index in [2.05, 4.69) is 4.98 Å². The highest BCUT2D eigenvalue weighted by Crippen LogP contribution is 2.09. The van der Waals surface area contributed by atoms with Gasteiger partial charge in [0.25, 0.3) is 0 Å². The summed E-state index contributed by atoms with van der Waals surface area (Å²) in [7, 11) is 0. The van der Waals surface area contributed by atoms with Crippen molar-refractivity contribution in [1.29, 1.82) is 0 Å². The van der Waals surface area contributed by atoms with Gasteiger partial charge in [0.05, 0.1) is 5.88 Å². The van der Waals surface area contributed by atoms with Crippen LogP contribution in [-0.2, 0) is 5.88 Å². The molecule has 0 atom stereocenters. The lowest BCUT2D eigenvalue weighted by atomic mass is 10.1. The summed E-state index contributed by atoms with van der Waals surface area (Å²) in [5.41, 5.74) is 1.75. The number of halogens is 1. The average Bonchev–Trinajstić information content (AvgIpc) is 2.03. The third-order valence-electron chi connectivity index (χ3n) is 1.69. The molecular formula is C9H12ClNO. The molecule has 1 aromatic heterocycles. The van der Waals surface area contributed by atoms with Crippen molar-refractivity contribution in [3.8, 4) is 0 Å². The number of alkyl halides is 1. The van der Waals surface area contributed by atoms with E-state index < -0.39 is 0 Å². The lowest BCUT2D eigenvalue weighted by Gasteiger charge is -2.06. The van der Waals surface area contributed by atoms with Crippen LogP contribution in [-0.4, -0.2) is 4.98 Å². The normalized spacial score (nSPS) is 10.7. The highest BCUT2D eigenvalue weighted by molar-refractivity contribution is 6.16. The first-order valence-corrected chi connectivity index (χ1v) is 4.46. The van der Waals surface area contributed by atoms with Gasteiger partial charge in [0, 0.05) is 23.5 Å². The number of hydrogen-bond acceptors (Lipinski definition) is 1. The summed E-state index contributed by atoms with van der Waals surface area (Å²) in [5.74, 6) is 0.691. The molecule has 0 bridgehead atoms. The molecule has 1 rings (SSSR count). The van der Waals surface area contributed by atoms with Gasteiger partial charge in [-0.15, -0.1) is 11.6 Å². The van der Waals surface area contributed by atoms with Crippen LogP contribution in [0.15, 0.2) is 16.9 Å². The summed E-state index contributed by atoms with van der Waals surface area (Å²) in [5, 5.41) is 0. The first kappa shape index (κ1) is 9.33. The van der Waals surface area contributed by atoms with Crippen LogP contribution in [0.5, 0.6) is 0 Å². The molecule has 0 saturated carbocycles. The van der Waals surface area contributed by atoms with Crippen LogP contribution in [0.1, 0.15) is 31.2 Å². The van der Waals surface area contributed by atoms with Crippen molar-refractivity contribution in [2.24, 2.45) is 0 Å². The zero-order valence-corrected chi connectivity index (χ0v) is 7.98. The molecule has 0 aliphatic carbocycles. The van der Waals surface area contributed by atoms with Crippen LogP contribution < -0.4 is 5.43 Å². The minimum absolute atomic E-state index is 0.0214. The van der Waals surface area contributed by atoms with E-state index in [4.69, 9.17) is 11.6 Å². The van der Waals surface area contributed by atoms with Crippen molar-refractivity contribution in [2.75, 3.05) is 0 Å². The van der Waals surface area contributed by atoms with Crippen LogP contribution in [0.4, 0.5) is 0 Å². The first-order chi connectivity index (χ1) is 5.63. The lowest BCUT2D eigenvalue weighted by molar-refractivity contribution is 0.811. The minimum Gasteiger partial charge on any atom is -0.361 e. The average molecular weight is 186 g/mol. The molecule has 0 aromatic carbocycles. The second-order valence-corrected chi connectivity index (χ2v) is 3.35. The number of hydrogen-bond donors (Lipinski definition) is 1. The molecule has 1 aromatic rings. The molecule has 0 fully saturated rings. The van der Waals surface area contributed by atoms with Crippen LogP contribution in [0.3, 0.4) is 0 Å². The largest absolute Gasteiger partial charge is 0.361 e. The number of nitrogens with one attached hydrogen (secondary N) is 1. The van der Waals surface area contributed by atoms with Gasteiger partial charge < -0.3 is 4.98 Å². The third-order valence-corrected chi connectivity index (χ3v) is 1.97. The van der Waals surface area contributed by atoms with Crippen molar-refractivity contribution in [3.63, 3.8) is 0 Å². The van der Waals surface area contributed by atoms with E-state index in [0.29, 0.717) is 11.8 Å². The van der Waals surface area contributed by atoms with E-state index in [1.54, 1.807) is 6.07 Å². The Balaban J connectivity index is 3.15. The van der Waals surface area contributed by atoms with E-state index in [0.717, 1.165) is 11.4 Å². The predicted molar refractivity (Wildman–Crippen MR) is 50.7 cm³/mol. The van der Waals surface area contributed by atoms with Crippen molar-refractivity contribution >= 4 is 11.6 Å². The highest BCUT2D eigenvalue weighted by atomic mass is 35.5. The minimum atomic E-state index is 0.0214. The van der Waals surface area contributed by atoms with Gasteiger partial charge in [0.15, 0.2) is 5.43 Å². The zero-order valence-electron chi connectivity index (χ0n) is 7.23. The number of pyridine rings is 1. The number of aromatic nitrogens is 1. The fourth-order valence-electron chi connectivity index (χ4n) is 1.01. The second kappa shape index (κ2) is 3.76. The smallest absolute Gasteiger partial charge is 0.182 e. The fourth-order valence-corrected chi connectivity index (χ4v) is 1.15. The van der Waals surface area contributed by atoms with Gasteiger partial charge in [0.1, 0.15) is 0 Å². The Morgan fingerprint density at radius 3 is 2.67 bits per heavy atom. The third kappa shape index (κ3) is 2.11. The van der Waals surface area contributed by atoms with Crippen molar-refractivity contribution in [2.45, 2.75) is 25.6 Å². The molecule has 3 heteroatoms. The molecule has 12 heavy (non-hydrogen) atoms. The number of H-pyrrole nitrogens is 1. The Labute approximate surface area is 76.6 Å². The summed E-state index contributed by atoms with van der Waals surface area (Å²) in [4.78, 5) is 14.2. The highest BCUT2D eigenvalue weighted by Gasteiger charge is 2.01. The number of aromatic amines is 1. The van der Waals surface area contributed by atoms with E-state index in [9.17, 15) is 4.79 Å². The molecule has 0 saturated heterocycles. The molecule has 0 amide bonds. The van der Waals surface area contributed by atoms with Crippen molar-refractivity contribution in [1.82, 2.24) is 4.98 Å². The topological polar surface area (TPSA) is 32.9 Å². The molecule has 0 aliphatic rings. The quantitative estimate of drug-likeness (QED) is 0.705. The van der Waals surface area contributed by atoms with Gasteiger partial charge in [-0.1, -0.05) is 13.8 Å². The van der Waals surface area contributed by atoms with Crippen LogP contribution in [0.2, 0.25) is 0 Å². The summed E-state index contributed by atoms with van der Waals surface area (Å²) in [6.07, 6.45) is 0. The van der Waals surface area contributed by atoms with E-state index >= 15 is 0 Å². The maximum atomic E-state index is 11.1. The molecule has 0 aliphatic heterocycles. The van der Waals surface area contributed by atoms with Gasteiger partial charge in [-0.25, -0.2) is 0 Å². The Bertz CT molecular complexity index is 317. The standard InChI is InChI=1S/C9H12ClNO/c1-6(2)9-4-8(12)3-7(5-10)11-9/h3-4,6H,5H2,1-2H3,(H,11,12). The molecule has 0 spiro atoms. The molecule has 1 heterocycles. The van der Waals surface area contributed by atoms with Crippen LogP contribution >= 0.6 is 11.6 Å². The fraction of sp³-hybridized carbons (Fsp3) is 0.444. The molecular weight excluding hydrogens is 174 g/mol. The van der Waals surface area contributed by atoms with E-state index in [-0.39, 0.29) is 5.43 Å². The van der Waals surface area contributed by atoms with Crippen LogP contribution in [0.25, 0.3) is 0 Å². The maximum absolute atomic E-state index is 11.1.